The maximum Gasteiger partial charge on any atom is 0.352 e. The highest BCUT2D eigenvalue weighted by Crippen LogP contribution is 2.40. The van der Waals surface area contributed by atoms with E-state index in [9.17, 15) is 34.2 Å². The van der Waals surface area contributed by atoms with Crippen LogP contribution in [0.3, 0.4) is 0 Å². The Morgan fingerprint density at radius 1 is 1.34 bits per heavy atom. The Labute approximate surface area is 239 Å². The number of nitrogens with zero attached hydrogens (tertiary/aromatic N) is 6. The van der Waals surface area contributed by atoms with E-state index in [1.165, 1.54) is 25.6 Å². The van der Waals surface area contributed by atoms with Crippen molar-refractivity contribution in [3.05, 3.63) is 29.4 Å². The van der Waals surface area contributed by atoms with Gasteiger partial charge in [-0.05, 0) is 13.8 Å². The first-order chi connectivity index (χ1) is 19.4. The molecule has 1 fully saturated rings. The molecule has 0 unspecified atom stereocenters. The van der Waals surface area contributed by atoms with Crippen LogP contribution >= 0.6 is 23.3 Å². The molecule has 3 aliphatic rings. The van der Waals surface area contributed by atoms with E-state index in [1.54, 1.807) is 16.9 Å². The van der Waals surface area contributed by atoms with E-state index >= 15 is 0 Å². The molecule has 2 aromatic heterocycles. The molecule has 3 amide bonds. The van der Waals surface area contributed by atoms with Crippen molar-refractivity contribution in [2.24, 2.45) is 5.16 Å². The maximum absolute atomic E-state index is 13.2. The van der Waals surface area contributed by atoms with Crippen molar-refractivity contribution in [2.75, 3.05) is 16.8 Å². The van der Waals surface area contributed by atoms with Gasteiger partial charge in [-0.3, -0.25) is 19.3 Å². The lowest BCUT2D eigenvalue weighted by Gasteiger charge is -2.49. The first-order valence-corrected chi connectivity index (χ1v) is 13.9. The predicted octanol–water partition coefficient (Wildman–Crippen LogP) is -1.43. The number of nitrogens with two attached hydrogens (primary N) is 1. The number of carbonyl (C=O) groups excluding carboxylic acids is 3. The van der Waals surface area contributed by atoms with Crippen molar-refractivity contribution in [3.63, 3.8) is 0 Å². The van der Waals surface area contributed by atoms with E-state index in [-0.39, 0.29) is 41.3 Å². The molecule has 19 heteroatoms. The Balaban J connectivity index is 1.36. The molecular formula is C22H24N9O8S2+. The van der Waals surface area contributed by atoms with Crippen LogP contribution < -0.4 is 21.0 Å². The molecule has 6 N–H and O–H groups in total. The van der Waals surface area contributed by atoms with Gasteiger partial charge in [-0.25, -0.2) is 9.59 Å². The largest absolute Gasteiger partial charge is 0.478 e. The van der Waals surface area contributed by atoms with Gasteiger partial charge in [-0.15, -0.1) is 21.1 Å². The van der Waals surface area contributed by atoms with Crippen LogP contribution in [-0.4, -0.2) is 87.3 Å². The molecule has 2 aromatic rings. The molecule has 0 bridgehead atoms. The minimum atomic E-state index is -1.80. The number of thioether (sulfide) groups is 1. The zero-order valence-corrected chi connectivity index (χ0v) is 23.2. The third-order valence-electron chi connectivity index (χ3n) is 6.45. The smallest absolute Gasteiger partial charge is 0.352 e. The van der Waals surface area contributed by atoms with E-state index in [2.05, 4.69) is 25.1 Å². The fourth-order valence-corrected chi connectivity index (χ4v) is 6.06. The summed E-state index contributed by atoms with van der Waals surface area (Å²) in [6, 6.07) is 0.601. The summed E-state index contributed by atoms with van der Waals surface area (Å²) in [5.41, 5.74) is 3.62. The van der Waals surface area contributed by atoms with Crippen molar-refractivity contribution in [1.29, 1.82) is 0 Å². The van der Waals surface area contributed by atoms with Crippen LogP contribution in [0.2, 0.25) is 0 Å². The molecule has 1 saturated heterocycles. The van der Waals surface area contributed by atoms with Gasteiger partial charge in [0.25, 0.3) is 11.8 Å². The molecule has 17 nitrogen and oxygen atoms in total. The average Bonchev–Trinajstić information content (AvgIpc) is 3.52. The topological polar surface area (TPSA) is 235 Å². The number of hydrogen-bond acceptors (Lipinski definition) is 12. The Kier molecular flexibility index (Phi) is 7.15. The Bertz CT molecular complexity index is 1540. The number of nitrogens with one attached hydrogen (secondary N) is 2. The number of anilines is 2. The zero-order chi connectivity index (χ0) is 29.6. The molecule has 3 aliphatic heterocycles. The van der Waals surface area contributed by atoms with Crippen molar-refractivity contribution < 1.29 is 43.7 Å². The number of aliphatic carboxylic acids is 2. The van der Waals surface area contributed by atoms with Gasteiger partial charge < -0.3 is 31.4 Å². The molecule has 0 aliphatic carbocycles. The monoisotopic (exact) mass is 606 g/mol. The van der Waals surface area contributed by atoms with E-state index in [0.717, 1.165) is 16.4 Å². The Morgan fingerprint density at radius 3 is 2.76 bits per heavy atom. The number of hydrogen-bond donors (Lipinski definition) is 5. The van der Waals surface area contributed by atoms with Gasteiger partial charge in [0.15, 0.2) is 23.7 Å². The second-order valence-electron chi connectivity index (χ2n) is 9.64. The van der Waals surface area contributed by atoms with Gasteiger partial charge in [0.2, 0.25) is 23.0 Å². The summed E-state index contributed by atoms with van der Waals surface area (Å²) in [5, 5.41) is 27.5. The third kappa shape index (κ3) is 5.20. The van der Waals surface area contributed by atoms with E-state index in [4.69, 9.17) is 10.6 Å². The normalized spacial score (nSPS) is 20.5. The summed E-state index contributed by atoms with van der Waals surface area (Å²) < 4.78 is 7.51. The van der Waals surface area contributed by atoms with Crippen LogP contribution in [-0.2, 0) is 41.9 Å². The standard InChI is InChI=1S/C22H23N9O8S2/c1-22(2,20(37)38)39-27-12(15-26-21(23)41-28-15)16(33)25-13-17(34)31-14(19(35)36)9(8-40-18(13)31)7-29-5-3-10-24-11(32)4-6-30(10)29/h3,5,13,18H,4,6-8H2,1-2H3,(H5,23,25,26,28,33,35,36,37,38)/p+1/t13-,18-/m1/s1. The van der Waals surface area contributed by atoms with Crippen LogP contribution in [0.5, 0.6) is 0 Å². The second-order valence-corrected chi connectivity index (χ2v) is 11.5. The number of carboxylic acid groups (broad SMARTS) is 2. The van der Waals surface area contributed by atoms with Crippen LogP contribution in [0, 0.1) is 0 Å². The van der Waals surface area contributed by atoms with Crippen molar-refractivity contribution in [1.82, 2.24) is 24.3 Å². The first-order valence-electron chi connectivity index (χ1n) is 12.1. The summed E-state index contributed by atoms with van der Waals surface area (Å²) in [4.78, 5) is 71.8. The van der Waals surface area contributed by atoms with Gasteiger partial charge in [-0.1, -0.05) is 5.16 Å². The van der Waals surface area contributed by atoms with E-state index in [1.807, 2.05) is 4.68 Å². The minimum absolute atomic E-state index is 0.0139. The number of oxime groups is 1. The van der Waals surface area contributed by atoms with Crippen molar-refractivity contribution in [3.8, 4) is 0 Å². The van der Waals surface area contributed by atoms with Crippen LogP contribution in [0.25, 0.3) is 0 Å². The molecule has 0 radical (unpaired) electrons. The minimum Gasteiger partial charge on any atom is -0.478 e. The highest BCUT2D eigenvalue weighted by Gasteiger charge is 2.55. The lowest BCUT2D eigenvalue weighted by atomic mass is 10.0. The highest BCUT2D eigenvalue weighted by atomic mass is 32.2. The predicted molar refractivity (Wildman–Crippen MR) is 141 cm³/mol. The van der Waals surface area contributed by atoms with Crippen LogP contribution in [0.15, 0.2) is 28.7 Å². The van der Waals surface area contributed by atoms with Gasteiger partial charge in [0, 0.05) is 22.9 Å². The molecular weight excluding hydrogens is 582 g/mol. The molecule has 0 aromatic carbocycles. The fraction of sp³-hybridized carbons (Fsp3) is 0.409. The molecule has 216 valence electrons. The van der Waals surface area contributed by atoms with Gasteiger partial charge in [0.05, 0.1) is 19.0 Å². The molecule has 5 rings (SSSR count). The van der Waals surface area contributed by atoms with Gasteiger partial charge in [-0.2, -0.15) is 9.36 Å². The zero-order valence-electron chi connectivity index (χ0n) is 21.6. The molecule has 0 saturated carbocycles. The Hall–Kier alpha value is -4.52. The van der Waals surface area contributed by atoms with Gasteiger partial charge in [0.1, 0.15) is 17.1 Å². The second kappa shape index (κ2) is 10.5. The number of rotatable bonds is 9. The van der Waals surface area contributed by atoms with Crippen LogP contribution in [0.1, 0.15) is 26.1 Å². The number of amides is 3. The lowest BCUT2D eigenvalue weighted by Crippen LogP contribution is -2.71. The summed E-state index contributed by atoms with van der Waals surface area (Å²) in [7, 11) is 0. The third-order valence-corrected chi connectivity index (χ3v) is 8.33. The molecule has 2 atom stereocenters. The average molecular weight is 607 g/mol. The number of carboxylic acids is 2. The summed E-state index contributed by atoms with van der Waals surface area (Å²) in [6.45, 7) is 3.03. The summed E-state index contributed by atoms with van der Waals surface area (Å²) >= 11 is 2.04. The number of β-lactam (4-membered cyclic amide) rings is 1. The number of aromatic nitrogens is 4. The number of carbonyl (C=O) groups is 5. The number of nitrogen functional groups attached to an aromatic ring is 1. The van der Waals surface area contributed by atoms with Crippen LogP contribution in [0.4, 0.5) is 10.9 Å². The quantitative estimate of drug-likeness (QED) is 0.0957. The maximum atomic E-state index is 13.2. The lowest BCUT2D eigenvalue weighted by molar-refractivity contribution is -0.767. The van der Waals surface area contributed by atoms with Crippen molar-refractivity contribution >= 4 is 69.6 Å². The van der Waals surface area contributed by atoms with E-state index < -0.39 is 46.5 Å². The molecule has 41 heavy (non-hydrogen) atoms. The first kappa shape index (κ1) is 28.0. The number of fused-ring (bicyclic) bond motifs is 2. The SMILES string of the molecule is CC(C)(ON=C(C(=O)N[C@@H]1C(=O)N2C(C(=O)O)=C(C[n+]3ccc4n3CCC(=O)N4)CS[C@H]12)c1nsc(N)n1)C(=O)O. The summed E-state index contributed by atoms with van der Waals surface area (Å²) in [5.74, 6) is -3.73. The molecule has 5 heterocycles. The highest BCUT2D eigenvalue weighted by molar-refractivity contribution is 8.00. The summed E-state index contributed by atoms with van der Waals surface area (Å²) in [6.07, 6.45) is 2.00. The van der Waals surface area contributed by atoms with Gasteiger partial charge >= 0.3 is 11.9 Å². The fourth-order valence-electron chi connectivity index (χ4n) is 4.29. The molecule has 0 spiro atoms. The van der Waals surface area contributed by atoms with Crippen molar-refractivity contribution in [2.45, 2.75) is 50.4 Å². The van der Waals surface area contributed by atoms with E-state index in [0.29, 0.717) is 17.9 Å². The Morgan fingerprint density at radius 2 is 2.10 bits per heavy atom.